The summed E-state index contributed by atoms with van der Waals surface area (Å²) < 4.78 is 0. The molecular weight excluding hydrogens is 324 g/mol. The molecule has 4 heteroatoms. The lowest BCUT2D eigenvalue weighted by Crippen LogP contribution is -2.52. The van der Waals surface area contributed by atoms with Gasteiger partial charge in [-0.3, -0.25) is 9.69 Å². The molecule has 0 aromatic heterocycles. The smallest absolute Gasteiger partial charge is 0.222 e. The van der Waals surface area contributed by atoms with Crippen molar-refractivity contribution in [3.05, 3.63) is 35.9 Å². The molecule has 26 heavy (non-hydrogen) atoms. The Labute approximate surface area is 158 Å². The Morgan fingerprint density at radius 3 is 2.54 bits per heavy atom. The number of carbonyl (C=O) groups is 1. The van der Waals surface area contributed by atoms with Crippen molar-refractivity contribution in [3.63, 3.8) is 0 Å². The van der Waals surface area contributed by atoms with Gasteiger partial charge in [-0.15, -0.1) is 0 Å². The molecule has 1 atom stereocenters. The number of hydrogen-bond acceptors (Lipinski definition) is 3. The highest BCUT2D eigenvalue weighted by molar-refractivity contribution is 5.76. The number of piperidine rings is 2. The molecule has 0 spiro atoms. The van der Waals surface area contributed by atoms with Gasteiger partial charge in [0, 0.05) is 32.2 Å². The van der Waals surface area contributed by atoms with E-state index in [-0.39, 0.29) is 0 Å². The first-order valence-electron chi connectivity index (χ1n) is 10.4. The third kappa shape index (κ3) is 5.55. The molecule has 1 amide bonds. The largest absolute Gasteiger partial charge is 0.396 e. The lowest BCUT2D eigenvalue weighted by atomic mass is 9.94. The van der Waals surface area contributed by atoms with Crippen LogP contribution in [0.2, 0.25) is 0 Å². The second-order valence-electron chi connectivity index (χ2n) is 7.99. The normalized spacial score (nSPS) is 22.5. The van der Waals surface area contributed by atoms with Crippen molar-refractivity contribution in [1.29, 1.82) is 0 Å². The van der Waals surface area contributed by atoms with Crippen LogP contribution < -0.4 is 0 Å². The minimum atomic E-state index is 0.325. The second-order valence-corrected chi connectivity index (χ2v) is 7.99. The van der Waals surface area contributed by atoms with Gasteiger partial charge in [0.2, 0.25) is 5.91 Å². The Balaban J connectivity index is 1.37. The van der Waals surface area contributed by atoms with Crippen molar-refractivity contribution in [3.8, 4) is 0 Å². The Morgan fingerprint density at radius 1 is 1.04 bits per heavy atom. The molecule has 0 radical (unpaired) electrons. The molecule has 0 saturated carbocycles. The average molecular weight is 359 g/mol. The van der Waals surface area contributed by atoms with E-state index in [2.05, 4.69) is 34.1 Å². The summed E-state index contributed by atoms with van der Waals surface area (Å²) in [5.41, 5.74) is 1.37. The SMILES string of the molecule is O=C(CCCCc1ccccc1)N1CCC[C@@H](N2CCC(CO)CC2)C1. The van der Waals surface area contributed by atoms with E-state index in [4.69, 9.17) is 0 Å². The van der Waals surface area contributed by atoms with Crippen molar-refractivity contribution in [2.75, 3.05) is 32.8 Å². The number of amides is 1. The maximum atomic E-state index is 12.6. The topological polar surface area (TPSA) is 43.8 Å². The molecule has 1 aromatic carbocycles. The number of rotatable bonds is 7. The zero-order chi connectivity index (χ0) is 18.2. The summed E-state index contributed by atoms with van der Waals surface area (Å²) in [6.45, 7) is 4.32. The minimum Gasteiger partial charge on any atom is -0.396 e. The Bertz CT molecular complexity index is 540. The molecule has 2 aliphatic heterocycles. The number of unbranched alkanes of at least 4 members (excludes halogenated alkanes) is 1. The quantitative estimate of drug-likeness (QED) is 0.762. The summed E-state index contributed by atoms with van der Waals surface area (Å²) in [6, 6.07) is 11.1. The van der Waals surface area contributed by atoms with E-state index in [1.54, 1.807) is 0 Å². The highest BCUT2D eigenvalue weighted by atomic mass is 16.3. The van der Waals surface area contributed by atoms with Gasteiger partial charge in [-0.2, -0.15) is 0 Å². The molecule has 0 bridgehead atoms. The molecule has 1 aromatic rings. The standard InChI is InChI=1S/C22H34N2O2/c25-18-20-12-15-23(16-13-20)21-10-6-14-24(17-21)22(26)11-5-4-9-19-7-2-1-3-8-19/h1-3,7-8,20-21,25H,4-6,9-18H2/t21-/m1/s1. The van der Waals surface area contributed by atoms with Crippen molar-refractivity contribution in [1.82, 2.24) is 9.80 Å². The van der Waals surface area contributed by atoms with Gasteiger partial charge in [0.25, 0.3) is 0 Å². The first-order chi connectivity index (χ1) is 12.8. The van der Waals surface area contributed by atoms with E-state index in [1.165, 1.54) is 12.0 Å². The fourth-order valence-electron chi connectivity index (χ4n) is 4.39. The summed E-state index contributed by atoms with van der Waals surface area (Å²) in [5.74, 6) is 0.824. The van der Waals surface area contributed by atoms with Gasteiger partial charge < -0.3 is 10.0 Å². The fraction of sp³-hybridized carbons (Fsp3) is 0.682. The van der Waals surface area contributed by atoms with Crippen LogP contribution in [0.1, 0.15) is 50.5 Å². The number of aryl methyl sites for hydroxylation is 1. The number of hydrogen-bond donors (Lipinski definition) is 1. The third-order valence-electron chi connectivity index (χ3n) is 6.12. The van der Waals surface area contributed by atoms with Gasteiger partial charge >= 0.3 is 0 Å². The van der Waals surface area contributed by atoms with E-state index >= 15 is 0 Å². The van der Waals surface area contributed by atoms with E-state index in [1.807, 2.05) is 6.07 Å². The van der Waals surface area contributed by atoms with E-state index in [0.717, 1.165) is 64.7 Å². The van der Waals surface area contributed by atoms with Gasteiger partial charge in [0.05, 0.1) is 0 Å². The van der Waals surface area contributed by atoms with Gasteiger partial charge in [0.1, 0.15) is 0 Å². The Morgan fingerprint density at radius 2 is 1.81 bits per heavy atom. The molecule has 2 saturated heterocycles. The summed E-state index contributed by atoms with van der Waals surface area (Å²) in [5, 5.41) is 9.31. The first kappa shape index (κ1) is 19.4. The highest BCUT2D eigenvalue weighted by Gasteiger charge is 2.30. The fourth-order valence-corrected chi connectivity index (χ4v) is 4.39. The number of benzene rings is 1. The van der Waals surface area contributed by atoms with Crippen LogP contribution in [0.25, 0.3) is 0 Å². The Kier molecular flexibility index (Phi) is 7.51. The zero-order valence-corrected chi connectivity index (χ0v) is 16.0. The molecular formula is C22H34N2O2. The number of aliphatic hydroxyl groups excluding tert-OH is 1. The van der Waals surface area contributed by atoms with Crippen LogP contribution in [0.4, 0.5) is 0 Å². The maximum absolute atomic E-state index is 12.6. The van der Waals surface area contributed by atoms with Crippen molar-refractivity contribution in [2.45, 2.75) is 57.4 Å². The predicted molar refractivity (Wildman–Crippen MR) is 105 cm³/mol. The molecule has 1 N–H and O–H groups in total. The van der Waals surface area contributed by atoms with Gasteiger partial charge in [0.15, 0.2) is 0 Å². The van der Waals surface area contributed by atoms with Crippen LogP contribution in [0.5, 0.6) is 0 Å². The van der Waals surface area contributed by atoms with Crippen molar-refractivity contribution >= 4 is 5.91 Å². The van der Waals surface area contributed by atoms with Crippen LogP contribution in [0.3, 0.4) is 0 Å². The summed E-state index contributed by atoms with van der Waals surface area (Å²) in [6.07, 6.45) is 8.35. The molecule has 144 valence electrons. The predicted octanol–water partition coefficient (Wildman–Crippen LogP) is 3.09. The summed E-state index contributed by atoms with van der Waals surface area (Å²) in [7, 11) is 0. The lowest BCUT2D eigenvalue weighted by Gasteiger charge is -2.42. The summed E-state index contributed by atoms with van der Waals surface area (Å²) >= 11 is 0. The number of aliphatic hydroxyl groups is 1. The lowest BCUT2D eigenvalue weighted by molar-refractivity contribution is -0.133. The van der Waals surface area contributed by atoms with E-state index in [0.29, 0.717) is 30.9 Å². The monoisotopic (exact) mass is 358 g/mol. The van der Waals surface area contributed by atoms with Crippen LogP contribution in [-0.4, -0.2) is 59.6 Å². The average Bonchev–Trinajstić information content (AvgIpc) is 2.72. The molecule has 2 heterocycles. The minimum absolute atomic E-state index is 0.325. The first-order valence-corrected chi connectivity index (χ1v) is 10.4. The van der Waals surface area contributed by atoms with Gasteiger partial charge in [-0.25, -0.2) is 0 Å². The molecule has 2 fully saturated rings. The van der Waals surface area contributed by atoms with Gasteiger partial charge in [-0.1, -0.05) is 30.3 Å². The highest BCUT2D eigenvalue weighted by Crippen LogP contribution is 2.23. The van der Waals surface area contributed by atoms with Crippen molar-refractivity contribution < 1.29 is 9.90 Å². The molecule has 4 nitrogen and oxygen atoms in total. The molecule has 2 aliphatic rings. The molecule has 0 aliphatic carbocycles. The van der Waals surface area contributed by atoms with Gasteiger partial charge in [-0.05, 0) is 69.5 Å². The Hall–Kier alpha value is -1.39. The van der Waals surface area contributed by atoms with Crippen LogP contribution in [0.15, 0.2) is 30.3 Å². The van der Waals surface area contributed by atoms with E-state index in [9.17, 15) is 9.90 Å². The zero-order valence-electron chi connectivity index (χ0n) is 16.0. The molecule has 0 unspecified atom stereocenters. The summed E-state index contributed by atoms with van der Waals surface area (Å²) in [4.78, 5) is 17.3. The number of carbonyl (C=O) groups excluding carboxylic acids is 1. The molecule has 3 rings (SSSR count). The van der Waals surface area contributed by atoms with E-state index < -0.39 is 0 Å². The van der Waals surface area contributed by atoms with Crippen molar-refractivity contribution in [2.24, 2.45) is 5.92 Å². The van der Waals surface area contributed by atoms with Crippen LogP contribution in [0, 0.1) is 5.92 Å². The second kappa shape index (κ2) is 10.1. The van der Waals surface area contributed by atoms with Crippen LogP contribution >= 0.6 is 0 Å². The number of nitrogens with zero attached hydrogens (tertiary/aromatic N) is 2. The van der Waals surface area contributed by atoms with Crippen LogP contribution in [-0.2, 0) is 11.2 Å². The maximum Gasteiger partial charge on any atom is 0.222 e. The number of likely N-dealkylation sites (tertiary alicyclic amines) is 2. The third-order valence-corrected chi connectivity index (χ3v) is 6.12.